The van der Waals surface area contributed by atoms with Gasteiger partial charge in [0.05, 0.1) is 4.92 Å². The van der Waals surface area contributed by atoms with Crippen molar-refractivity contribution in [1.82, 2.24) is 20.0 Å². The Kier molecular flexibility index (Phi) is 4.80. The van der Waals surface area contributed by atoms with Crippen LogP contribution in [0.2, 0.25) is 0 Å². The number of nitrogens with one attached hydrogen (secondary N) is 1. The number of carbonyl (C=O) groups excluding carboxylic acids is 1. The van der Waals surface area contributed by atoms with E-state index in [2.05, 4.69) is 22.4 Å². The topological polar surface area (TPSA) is 93.3 Å². The molecule has 0 saturated carbocycles. The summed E-state index contributed by atoms with van der Waals surface area (Å²) in [6, 6.07) is -0.398. The van der Waals surface area contributed by atoms with Crippen molar-refractivity contribution in [3.05, 3.63) is 21.5 Å². The van der Waals surface area contributed by atoms with Crippen LogP contribution in [0.5, 0.6) is 0 Å². The lowest BCUT2D eigenvalue weighted by Gasteiger charge is -2.30. The summed E-state index contributed by atoms with van der Waals surface area (Å²) in [6.45, 7) is 6.85. The highest BCUT2D eigenvalue weighted by Gasteiger charge is 2.28. The number of piperidine rings is 1. The summed E-state index contributed by atoms with van der Waals surface area (Å²) >= 11 is 0. The van der Waals surface area contributed by atoms with Crippen LogP contribution in [0.4, 0.5) is 5.69 Å². The summed E-state index contributed by atoms with van der Waals surface area (Å²) < 4.78 is 1.44. The average molecular weight is 309 g/mol. The summed E-state index contributed by atoms with van der Waals surface area (Å²) in [5.41, 5.74) is 0.730. The fraction of sp³-hybridized carbons (Fsp3) is 0.714. The van der Waals surface area contributed by atoms with Crippen LogP contribution in [0.25, 0.3) is 0 Å². The monoisotopic (exact) mass is 309 g/mol. The number of rotatable bonds is 4. The molecular formula is C14H23N5O3. The van der Waals surface area contributed by atoms with Crippen molar-refractivity contribution < 1.29 is 9.72 Å². The maximum Gasteiger partial charge on any atom is 0.312 e. The summed E-state index contributed by atoms with van der Waals surface area (Å²) in [4.78, 5) is 25.2. The molecule has 8 heteroatoms. The van der Waals surface area contributed by atoms with Crippen LogP contribution < -0.4 is 5.32 Å². The summed E-state index contributed by atoms with van der Waals surface area (Å²) in [7, 11) is 2.07. The molecule has 1 N–H and O–H groups in total. The molecule has 2 rings (SSSR count). The number of nitro groups is 1. The van der Waals surface area contributed by atoms with Gasteiger partial charge in [-0.25, -0.2) is 0 Å². The van der Waals surface area contributed by atoms with Crippen LogP contribution in [0.15, 0.2) is 0 Å². The molecule has 1 aromatic rings. The van der Waals surface area contributed by atoms with Gasteiger partial charge >= 0.3 is 5.69 Å². The molecule has 1 aliphatic rings. The minimum atomic E-state index is -0.563. The third-order valence-corrected chi connectivity index (χ3v) is 4.28. The zero-order valence-corrected chi connectivity index (χ0v) is 13.5. The van der Waals surface area contributed by atoms with Crippen LogP contribution in [0, 0.1) is 24.0 Å². The maximum atomic E-state index is 12.4. The third kappa shape index (κ3) is 3.27. The minimum absolute atomic E-state index is 0.0149. The van der Waals surface area contributed by atoms with E-state index in [1.54, 1.807) is 20.8 Å². The van der Waals surface area contributed by atoms with Crippen molar-refractivity contribution in [3.8, 4) is 0 Å². The van der Waals surface area contributed by atoms with E-state index in [0.29, 0.717) is 11.4 Å². The first kappa shape index (κ1) is 16.4. The van der Waals surface area contributed by atoms with E-state index in [1.807, 2.05) is 0 Å². The molecule has 1 atom stereocenters. The quantitative estimate of drug-likeness (QED) is 0.666. The van der Waals surface area contributed by atoms with E-state index in [9.17, 15) is 14.9 Å². The number of nitrogens with zero attached hydrogens (tertiary/aromatic N) is 4. The van der Waals surface area contributed by atoms with E-state index in [4.69, 9.17) is 0 Å². The predicted octanol–water partition coefficient (Wildman–Crippen LogP) is 1.18. The number of amides is 1. The van der Waals surface area contributed by atoms with Crippen LogP contribution in [-0.4, -0.2) is 51.7 Å². The minimum Gasteiger partial charge on any atom is -0.351 e. The van der Waals surface area contributed by atoms with Crippen molar-refractivity contribution in [2.24, 2.45) is 0 Å². The molecule has 1 saturated heterocycles. The van der Waals surface area contributed by atoms with Gasteiger partial charge in [-0.1, -0.05) is 0 Å². The molecule has 0 aromatic carbocycles. The van der Waals surface area contributed by atoms with Gasteiger partial charge in [-0.2, -0.15) is 5.10 Å². The smallest absolute Gasteiger partial charge is 0.312 e. The molecule has 8 nitrogen and oxygen atoms in total. The normalized spacial score (nSPS) is 18.2. The number of hydrogen-bond donors (Lipinski definition) is 1. The Balaban J connectivity index is 2.08. The zero-order valence-electron chi connectivity index (χ0n) is 13.5. The molecule has 22 heavy (non-hydrogen) atoms. The molecule has 0 spiro atoms. The largest absolute Gasteiger partial charge is 0.351 e. The molecule has 1 amide bonds. The van der Waals surface area contributed by atoms with E-state index < -0.39 is 11.0 Å². The number of carbonyl (C=O) groups is 1. The first-order valence-corrected chi connectivity index (χ1v) is 7.50. The van der Waals surface area contributed by atoms with Crippen molar-refractivity contribution >= 4 is 11.6 Å². The lowest BCUT2D eigenvalue weighted by molar-refractivity contribution is -0.386. The van der Waals surface area contributed by atoms with E-state index in [1.165, 1.54) is 4.68 Å². The molecule has 122 valence electrons. The Morgan fingerprint density at radius 3 is 2.50 bits per heavy atom. The molecular weight excluding hydrogens is 286 g/mol. The SMILES string of the molecule is Cc1nn(C(C)C(=O)NC2CCN(C)CC2)c(C)c1[N+](=O)[O-]. The predicted molar refractivity (Wildman–Crippen MR) is 81.7 cm³/mol. The van der Waals surface area contributed by atoms with Gasteiger partial charge in [0, 0.05) is 6.04 Å². The van der Waals surface area contributed by atoms with Gasteiger partial charge in [0.25, 0.3) is 0 Å². The van der Waals surface area contributed by atoms with Gasteiger partial charge in [-0.05, 0) is 53.8 Å². The van der Waals surface area contributed by atoms with E-state index in [0.717, 1.165) is 25.9 Å². The molecule has 0 bridgehead atoms. The van der Waals surface area contributed by atoms with E-state index in [-0.39, 0.29) is 17.6 Å². The Bertz CT molecular complexity index is 575. The second-order valence-corrected chi connectivity index (χ2v) is 5.98. The molecule has 0 radical (unpaired) electrons. The first-order chi connectivity index (χ1) is 10.3. The highest BCUT2D eigenvalue weighted by molar-refractivity contribution is 5.80. The van der Waals surface area contributed by atoms with Gasteiger partial charge in [0.15, 0.2) is 0 Å². The van der Waals surface area contributed by atoms with Crippen LogP contribution >= 0.6 is 0 Å². The highest BCUT2D eigenvalue weighted by atomic mass is 16.6. The Hall–Kier alpha value is -1.96. The number of aromatic nitrogens is 2. The van der Waals surface area contributed by atoms with Gasteiger partial charge in [0.1, 0.15) is 17.4 Å². The molecule has 1 aliphatic heterocycles. The fourth-order valence-electron chi connectivity index (χ4n) is 2.88. The molecule has 1 unspecified atom stereocenters. The third-order valence-electron chi connectivity index (χ3n) is 4.28. The van der Waals surface area contributed by atoms with Crippen molar-refractivity contribution in [3.63, 3.8) is 0 Å². The van der Waals surface area contributed by atoms with Crippen molar-refractivity contribution in [2.75, 3.05) is 20.1 Å². The van der Waals surface area contributed by atoms with E-state index >= 15 is 0 Å². The van der Waals surface area contributed by atoms with Crippen molar-refractivity contribution in [1.29, 1.82) is 0 Å². The number of aryl methyl sites for hydroxylation is 1. The second kappa shape index (κ2) is 6.43. The van der Waals surface area contributed by atoms with Gasteiger partial charge in [-0.3, -0.25) is 19.6 Å². The average Bonchev–Trinajstić information content (AvgIpc) is 2.75. The molecule has 0 aliphatic carbocycles. The fourth-order valence-corrected chi connectivity index (χ4v) is 2.88. The number of likely N-dealkylation sites (tertiary alicyclic amines) is 1. The second-order valence-electron chi connectivity index (χ2n) is 5.98. The lowest BCUT2D eigenvalue weighted by atomic mass is 10.1. The Labute approximate surface area is 129 Å². The number of hydrogen-bond acceptors (Lipinski definition) is 5. The van der Waals surface area contributed by atoms with Crippen LogP contribution in [0.1, 0.15) is 37.2 Å². The van der Waals surface area contributed by atoms with Crippen LogP contribution in [-0.2, 0) is 4.79 Å². The summed E-state index contributed by atoms with van der Waals surface area (Å²) in [5.74, 6) is -0.143. The highest BCUT2D eigenvalue weighted by Crippen LogP contribution is 2.24. The van der Waals surface area contributed by atoms with Crippen molar-refractivity contribution in [2.45, 2.75) is 45.7 Å². The maximum absolute atomic E-state index is 12.4. The molecule has 2 heterocycles. The van der Waals surface area contributed by atoms with Crippen LogP contribution in [0.3, 0.4) is 0 Å². The Morgan fingerprint density at radius 2 is 2.00 bits per heavy atom. The molecule has 1 fully saturated rings. The first-order valence-electron chi connectivity index (χ1n) is 7.50. The molecule has 1 aromatic heterocycles. The van der Waals surface area contributed by atoms with Gasteiger partial charge in [0.2, 0.25) is 5.91 Å². The lowest BCUT2D eigenvalue weighted by Crippen LogP contribution is -2.45. The Morgan fingerprint density at radius 1 is 1.41 bits per heavy atom. The zero-order chi connectivity index (χ0) is 16.4. The summed E-state index contributed by atoms with van der Waals surface area (Å²) in [5, 5.41) is 18.2. The standard InChI is InChI=1S/C14H23N5O3/c1-9-13(19(21)22)10(2)18(16-9)11(3)14(20)15-12-5-7-17(4)8-6-12/h11-12H,5-8H2,1-4H3,(H,15,20). The van der Waals surface area contributed by atoms with Gasteiger partial charge < -0.3 is 10.2 Å². The van der Waals surface area contributed by atoms with Gasteiger partial charge in [-0.15, -0.1) is 0 Å². The summed E-state index contributed by atoms with van der Waals surface area (Å²) in [6.07, 6.45) is 1.85.